The van der Waals surface area contributed by atoms with Crippen LogP contribution in [0.2, 0.25) is 0 Å². The first-order valence-electron chi connectivity index (χ1n) is 9.98. The van der Waals surface area contributed by atoms with Crippen LogP contribution in [0.5, 0.6) is 0 Å². The van der Waals surface area contributed by atoms with E-state index in [0.717, 1.165) is 68.7 Å². The Balaban J connectivity index is 1.11. The van der Waals surface area contributed by atoms with E-state index in [1.165, 1.54) is 6.42 Å². The number of benzene rings is 1. The maximum atomic E-state index is 4.93. The second-order valence-electron chi connectivity index (χ2n) is 7.94. The molecule has 0 amide bonds. The van der Waals surface area contributed by atoms with Crippen LogP contribution >= 0.6 is 0 Å². The van der Waals surface area contributed by atoms with Crippen LogP contribution < -0.4 is 5.32 Å². The molecule has 2 fully saturated rings. The highest BCUT2D eigenvalue weighted by Crippen LogP contribution is 2.60. The molecule has 1 aromatic carbocycles. The predicted octanol–water partition coefficient (Wildman–Crippen LogP) is 1.95. The van der Waals surface area contributed by atoms with Crippen molar-refractivity contribution in [2.75, 3.05) is 39.8 Å². The minimum atomic E-state index is 0.769. The Morgan fingerprint density at radius 1 is 1.22 bits per heavy atom. The van der Waals surface area contributed by atoms with E-state index < -0.39 is 0 Å². The van der Waals surface area contributed by atoms with Crippen molar-refractivity contribution in [1.82, 2.24) is 20.3 Å². The summed E-state index contributed by atoms with van der Waals surface area (Å²) < 4.78 is 4.93. The van der Waals surface area contributed by atoms with E-state index >= 15 is 0 Å². The molecule has 6 nitrogen and oxygen atoms in total. The standard InChI is InChI=1S/C21H27N5O/c1-22-21(26-9-7-25(8-10-26)14-16-6-11-27-24-16)23-13-19-18-12-15-4-2-3-5-17(15)20(18)19/h2-6,11,18-20H,7-10,12-14H2,1H3,(H,22,23). The van der Waals surface area contributed by atoms with Gasteiger partial charge in [-0.25, -0.2) is 0 Å². The summed E-state index contributed by atoms with van der Waals surface area (Å²) in [6.45, 7) is 5.94. The van der Waals surface area contributed by atoms with Crippen LogP contribution in [0.4, 0.5) is 0 Å². The minimum absolute atomic E-state index is 0.769. The van der Waals surface area contributed by atoms with Crippen molar-refractivity contribution in [3.05, 3.63) is 53.4 Å². The van der Waals surface area contributed by atoms with Gasteiger partial charge in [-0.1, -0.05) is 29.4 Å². The van der Waals surface area contributed by atoms with Crippen molar-refractivity contribution in [3.8, 4) is 0 Å². The Labute approximate surface area is 160 Å². The average Bonchev–Trinajstić information content (AvgIpc) is 3.03. The van der Waals surface area contributed by atoms with Gasteiger partial charge in [0.25, 0.3) is 0 Å². The van der Waals surface area contributed by atoms with E-state index in [9.17, 15) is 0 Å². The summed E-state index contributed by atoms with van der Waals surface area (Å²) in [5.74, 6) is 3.43. The van der Waals surface area contributed by atoms with E-state index in [1.54, 1.807) is 17.4 Å². The molecule has 2 heterocycles. The first kappa shape index (κ1) is 16.8. The number of piperazine rings is 1. The number of fused-ring (bicyclic) bond motifs is 3. The summed E-state index contributed by atoms with van der Waals surface area (Å²) in [4.78, 5) is 9.34. The fraction of sp³-hybridized carbons (Fsp3) is 0.524. The molecule has 1 aromatic heterocycles. The Hall–Kier alpha value is -2.34. The summed E-state index contributed by atoms with van der Waals surface area (Å²) in [5.41, 5.74) is 4.16. The van der Waals surface area contributed by atoms with Crippen molar-refractivity contribution in [1.29, 1.82) is 0 Å². The van der Waals surface area contributed by atoms with Gasteiger partial charge in [-0.05, 0) is 35.3 Å². The molecule has 1 saturated heterocycles. The molecule has 0 spiro atoms. The minimum Gasteiger partial charge on any atom is -0.364 e. The zero-order valence-corrected chi connectivity index (χ0v) is 15.8. The van der Waals surface area contributed by atoms with Crippen LogP contribution in [0.3, 0.4) is 0 Å². The quantitative estimate of drug-likeness (QED) is 0.663. The maximum absolute atomic E-state index is 4.93. The predicted molar refractivity (Wildman–Crippen MR) is 105 cm³/mol. The molecule has 1 N–H and O–H groups in total. The largest absolute Gasteiger partial charge is 0.364 e. The number of nitrogens with one attached hydrogen (secondary N) is 1. The second kappa shape index (κ2) is 7.00. The highest BCUT2D eigenvalue weighted by Gasteiger charge is 2.55. The number of hydrogen-bond donors (Lipinski definition) is 1. The van der Waals surface area contributed by atoms with Crippen LogP contribution in [0.1, 0.15) is 22.7 Å². The SMILES string of the molecule is CN=C(NCC1C2Cc3ccccc3C12)N1CCN(Cc2ccon2)CC1. The summed E-state index contributed by atoms with van der Waals surface area (Å²) in [7, 11) is 1.90. The van der Waals surface area contributed by atoms with Crippen molar-refractivity contribution in [2.24, 2.45) is 16.8 Å². The van der Waals surface area contributed by atoms with E-state index in [-0.39, 0.29) is 0 Å². The van der Waals surface area contributed by atoms with Gasteiger partial charge in [0.15, 0.2) is 5.96 Å². The van der Waals surface area contributed by atoms with E-state index in [1.807, 2.05) is 13.1 Å². The van der Waals surface area contributed by atoms with Gasteiger partial charge < -0.3 is 14.7 Å². The van der Waals surface area contributed by atoms with Gasteiger partial charge in [-0.15, -0.1) is 0 Å². The summed E-state index contributed by atoms with van der Waals surface area (Å²) in [6, 6.07) is 10.9. The van der Waals surface area contributed by atoms with Crippen molar-refractivity contribution in [2.45, 2.75) is 18.9 Å². The first-order chi connectivity index (χ1) is 13.3. The van der Waals surface area contributed by atoms with Gasteiger partial charge in [0.1, 0.15) is 6.26 Å². The molecule has 5 rings (SSSR count). The summed E-state index contributed by atoms with van der Waals surface area (Å²) >= 11 is 0. The Morgan fingerprint density at radius 3 is 2.85 bits per heavy atom. The third-order valence-electron chi connectivity index (χ3n) is 6.46. The van der Waals surface area contributed by atoms with Crippen LogP contribution in [-0.2, 0) is 13.0 Å². The van der Waals surface area contributed by atoms with Crippen molar-refractivity contribution in [3.63, 3.8) is 0 Å². The molecule has 0 bridgehead atoms. The number of nitrogens with zero attached hydrogens (tertiary/aromatic N) is 4. The zero-order chi connectivity index (χ0) is 18.2. The van der Waals surface area contributed by atoms with Gasteiger partial charge in [0.2, 0.25) is 0 Å². The third-order valence-corrected chi connectivity index (χ3v) is 6.46. The number of hydrogen-bond acceptors (Lipinski definition) is 4. The summed E-state index contributed by atoms with van der Waals surface area (Å²) in [6.07, 6.45) is 2.90. The number of aliphatic imine (C=N–C) groups is 1. The average molecular weight is 365 g/mol. The normalized spacial score (nSPS) is 27.4. The van der Waals surface area contributed by atoms with Gasteiger partial charge in [-0.2, -0.15) is 0 Å². The monoisotopic (exact) mass is 365 g/mol. The Bertz CT molecular complexity index is 810. The molecule has 2 aromatic rings. The van der Waals surface area contributed by atoms with E-state index in [2.05, 4.69) is 49.5 Å². The van der Waals surface area contributed by atoms with Crippen LogP contribution in [0.25, 0.3) is 0 Å². The molecular formula is C21H27N5O. The van der Waals surface area contributed by atoms with Gasteiger partial charge >= 0.3 is 0 Å². The molecule has 1 saturated carbocycles. The van der Waals surface area contributed by atoms with E-state index in [0.29, 0.717) is 0 Å². The first-order valence-corrected chi connectivity index (χ1v) is 9.98. The molecule has 142 valence electrons. The molecule has 2 aliphatic carbocycles. The number of rotatable bonds is 4. The van der Waals surface area contributed by atoms with Crippen molar-refractivity contribution < 1.29 is 4.52 Å². The maximum Gasteiger partial charge on any atom is 0.193 e. The van der Waals surface area contributed by atoms with Crippen molar-refractivity contribution >= 4 is 5.96 Å². The molecule has 6 heteroatoms. The Morgan fingerprint density at radius 2 is 2.07 bits per heavy atom. The number of guanidine groups is 1. The fourth-order valence-electron chi connectivity index (χ4n) is 4.97. The lowest BCUT2D eigenvalue weighted by molar-refractivity contribution is 0.169. The lowest BCUT2D eigenvalue weighted by Crippen LogP contribution is -2.52. The molecule has 3 atom stereocenters. The molecule has 0 radical (unpaired) electrons. The highest BCUT2D eigenvalue weighted by atomic mass is 16.5. The highest BCUT2D eigenvalue weighted by molar-refractivity contribution is 5.80. The van der Waals surface area contributed by atoms with Gasteiger partial charge in [0, 0.05) is 52.4 Å². The third kappa shape index (κ3) is 3.23. The second-order valence-corrected chi connectivity index (χ2v) is 7.94. The molecule has 1 aliphatic heterocycles. The zero-order valence-electron chi connectivity index (χ0n) is 15.8. The molecule has 3 unspecified atom stereocenters. The summed E-state index contributed by atoms with van der Waals surface area (Å²) in [5, 5.41) is 7.66. The van der Waals surface area contributed by atoms with Gasteiger partial charge in [-0.3, -0.25) is 9.89 Å². The lowest BCUT2D eigenvalue weighted by Gasteiger charge is -2.36. The molecule has 27 heavy (non-hydrogen) atoms. The topological polar surface area (TPSA) is 56.9 Å². The van der Waals surface area contributed by atoms with Crippen LogP contribution in [-0.4, -0.2) is 60.7 Å². The fourth-order valence-corrected chi connectivity index (χ4v) is 4.97. The van der Waals surface area contributed by atoms with Crippen LogP contribution in [0, 0.1) is 11.8 Å². The van der Waals surface area contributed by atoms with Gasteiger partial charge in [0.05, 0.1) is 5.69 Å². The smallest absolute Gasteiger partial charge is 0.193 e. The lowest BCUT2D eigenvalue weighted by atomic mass is 10.0. The molecule has 3 aliphatic rings. The number of aromatic nitrogens is 1. The van der Waals surface area contributed by atoms with Crippen LogP contribution in [0.15, 0.2) is 46.1 Å². The Kier molecular flexibility index (Phi) is 4.36. The molecular weight excluding hydrogens is 338 g/mol. The van der Waals surface area contributed by atoms with E-state index in [4.69, 9.17) is 4.52 Å².